The van der Waals surface area contributed by atoms with E-state index < -0.39 is 0 Å². The van der Waals surface area contributed by atoms with E-state index in [4.69, 9.17) is 9.47 Å². The Morgan fingerprint density at radius 3 is 1.90 bits per heavy atom. The maximum atomic E-state index is 9.95. The van der Waals surface area contributed by atoms with Gasteiger partial charge in [0.15, 0.2) is 34.5 Å². The number of ether oxygens (including phenoxy) is 2. The number of aromatic hydroxyl groups is 2. The molecule has 2 N–H and O–H groups in total. The molecule has 3 rings (SSSR count). The van der Waals surface area contributed by atoms with Crippen molar-refractivity contribution in [1.82, 2.24) is 0 Å². The summed E-state index contributed by atoms with van der Waals surface area (Å²) in [7, 11) is 0. The second kappa shape index (κ2) is 5.07. The molecule has 110 valence electrons. The highest BCUT2D eigenvalue weighted by atomic mass is 79.9. The smallest absolute Gasteiger partial charge is 0.185 e. The van der Waals surface area contributed by atoms with Gasteiger partial charge in [0.25, 0.3) is 0 Å². The van der Waals surface area contributed by atoms with Crippen LogP contribution in [0.4, 0.5) is 0 Å². The highest BCUT2D eigenvalue weighted by Gasteiger charge is 2.30. The van der Waals surface area contributed by atoms with Crippen LogP contribution >= 0.6 is 47.8 Å². The number of hydrogen-bond donors (Lipinski definition) is 2. The van der Waals surface area contributed by atoms with E-state index in [-0.39, 0.29) is 11.5 Å². The highest BCUT2D eigenvalue weighted by Crippen LogP contribution is 2.57. The Morgan fingerprint density at radius 1 is 0.810 bits per heavy atom. The molecule has 0 radical (unpaired) electrons. The van der Waals surface area contributed by atoms with Gasteiger partial charge in [-0.1, -0.05) is 0 Å². The third kappa shape index (κ3) is 2.13. The number of rotatable bonds is 0. The van der Waals surface area contributed by atoms with Gasteiger partial charge in [0, 0.05) is 26.1 Å². The van der Waals surface area contributed by atoms with Crippen LogP contribution in [0.5, 0.6) is 34.5 Å². The molecule has 2 aromatic carbocycles. The van der Waals surface area contributed by atoms with E-state index in [2.05, 4.69) is 47.8 Å². The zero-order valence-corrected chi connectivity index (χ0v) is 15.7. The lowest BCUT2D eigenvalue weighted by Crippen LogP contribution is -2.04. The Balaban J connectivity index is 2.27. The van der Waals surface area contributed by atoms with Crippen LogP contribution in [0.2, 0.25) is 0 Å². The molecule has 0 saturated heterocycles. The minimum Gasteiger partial charge on any atom is -0.504 e. The van der Waals surface area contributed by atoms with Crippen LogP contribution in [-0.4, -0.2) is 10.2 Å². The number of fused-ring (bicyclic) bond motifs is 2. The first kappa shape index (κ1) is 15.0. The third-order valence-electron chi connectivity index (χ3n) is 3.32. The zero-order valence-electron chi connectivity index (χ0n) is 10.9. The number of phenols is 2. The first-order valence-electron chi connectivity index (χ1n) is 5.91. The van der Waals surface area contributed by atoms with E-state index in [1.54, 1.807) is 19.9 Å². The number of halogens is 3. The van der Waals surface area contributed by atoms with Crippen molar-refractivity contribution in [3.05, 3.63) is 30.6 Å². The molecule has 0 fully saturated rings. The quantitative estimate of drug-likeness (QED) is 0.310. The number of benzene rings is 2. The summed E-state index contributed by atoms with van der Waals surface area (Å²) in [6.45, 7) is 3.31. The molecule has 0 unspecified atom stereocenters. The van der Waals surface area contributed by atoms with Crippen molar-refractivity contribution in [2.45, 2.75) is 13.8 Å². The monoisotopic (exact) mass is 478 g/mol. The van der Waals surface area contributed by atoms with Crippen LogP contribution < -0.4 is 9.47 Å². The Morgan fingerprint density at radius 2 is 1.33 bits per heavy atom. The van der Waals surface area contributed by atoms with Crippen molar-refractivity contribution in [3.8, 4) is 34.5 Å². The van der Waals surface area contributed by atoms with Crippen molar-refractivity contribution in [2.75, 3.05) is 0 Å². The van der Waals surface area contributed by atoms with Crippen molar-refractivity contribution in [3.63, 3.8) is 0 Å². The molecular weight excluding hydrogens is 472 g/mol. The van der Waals surface area contributed by atoms with Crippen LogP contribution in [0, 0.1) is 13.8 Å². The van der Waals surface area contributed by atoms with Crippen molar-refractivity contribution >= 4 is 47.8 Å². The summed E-state index contributed by atoms with van der Waals surface area (Å²) in [4.78, 5) is 0. The molecule has 7 heteroatoms. The molecule has 0 aliphatic carbocycles. The molecule has 0 atom stereocenters. The molecule has 2 aromatic rings. The molecule has 0 aromatic heterocycles. The summed E-state index contributed by atoms with van der Waals surface area (Å²) in [6, 6.07) is 1.77. The summed E-state index contributed by atoms with van der Waals surface area (Å²) in [5.41, 5.74) is 0.846. The lowest BCUT2D eigenvalue weighted by atomic mass is 10.1. The Bertz CT molecular complexity index is 787. The molecule has 1 aliphatic heterocycles. The molecule has 1 heterocycles. The van der Waals surface area contributed by atoms with Crippen LogP contribution in [0.3, 0.4) is 0 Å². The molecule has 4 nitrogen and oxygen atoms in total. The fraction of sp³-hybridized carbons (Fsp3) is 0.143. The Labute approximate surface area is 146 Å². The maximum absolute atomic E-state index is 9.95. The molecule has 0 spiro atoms. The summed E-state index contributed by atoms with van der Waals surface area (Å²) < 4.78 is 14.1. The van der Waals surface area contributed by atoms with Crippen LogP contribution in [0.1, 0.15) is 11.1 Å². The van der Waals surface area contributed by atoms with Gasteiger partial charge in [-0.3, -0.25) is 0 Å². The normalized spacial score (nSPS) is 12.2. The average Bonchev–Trinajstić information content (AvgIpc) is 2.47. The van der Waals surface area contributed by atoms with Gasteiger partial charge in [0.05, 0.1) is 4.47 Å². The molecule has 1 aliphatic rings. The van der Waals surface area contributed by atoms with Gasteiger partial charge in [-0.05, 0) is 61.6 Å². The van der Waals surface area contributed by atoms with E-state index in [1.165, 1.54) is 0 Å². The predicted octanol–water partition coefficient (Wildman–Crippen LogP) is 5.90. The third-order valence-corrected chi connectivity index (χ3v) is 6.59. The number of phenolic OH excluding ortho intramolecular Hbond substituents is 2. The summed E-state index contributed by atoms with van der Waals surface area (Å²) in [5.74, 6) is 1.41. The van der Waals surface area contributed by atoms with Gasteiger partial charge >= 0.3 is 0 Å². The molecule has 0 saturated carbocycles. The van der Waals surface area contributed by atoms with Gasteiger partial charge in [-0.2, -0.15) is 0 Å². The van der Waals surface area contributed by atoms with Gasteiger partial charge in [-0.25, -0.2) is 0 Å². The molecule has 21 heavy (non-hydrogen) atoms. The topological polar surface area (TPSA) is 58.9 Å². The van der Waals surface area contributed by atoms with Gasteiger partial charge in [0.2, 0.25) is 0 Å². The fourth-order valence-electron chi connectivity index (χ4n) is 2.10. The average molecular weight is 481 g/mol. The largest absolute Gasteiger partial charge is 0.504 e. The molecule has 0 amide bonds. The van der Waals surface area contributed by atoms with Crippen molar-refractivity contribution < 1.29 is 19.7 Å². The van der Waals surface area contributed by atoms with Crippen molar-refractivity contribution in [1.29, 1.82) is 0 Å². The maximum Gasteiger partial charge on any atom is 0.185 e. The highest BCUT2D eigenvalue weighted by molar-refractivity contribution is 9.14. The van der Waals surface area contributed by atoms with Crippen LogP contribution in [0.25, 0.3) is 0 Å². The minimum atomic E-state index is -0.203. The molecular formula is C14H9Br3O4. The second-order valence-corrected chi connectivity index (χ2v) is 7.06. The first-order valence-corrected chi connectivity index (χ1v) is 8.29. The molecule has 0 bridgehead atoms. The van der Waals surface area contributed by atoms with Crippen LogP contribution in [-0.2, 0) is 0 Å². The van der Waals surface area contributed by atoms with Crippen LogP contribution in [0.15, 0.2) is 19.5 Å². The Kier molecular flexibility index (Phi) is 3.62. The summed E-state index contributed by atoms with van der Waals surface area (Å²) in [5, 5.41) is 19.9. The lowest BCUT2D eigenvalue weighted by molar-refractivity contribution is 0.337. The standard InChI is InChI=1S/C14H9Br3O4/c1-4-10(18)11(19)5(2)13-12(4)20-7-3-6(15)8(16)9(17)14(7)21-13/h3,18-19H,1-2H3. The number of hydrogen-bond acceptors (Lipinski definition) is 4. The van der Waals surface area contributed by atoms with Gasteiger partial charge < -0.3 is 19.7 Å². The first-order chi connectivity index (χ1) is 9.82. The fourth-order valence-corrected chi connectivity index (χ4v) is 3.55. The predicted molar refractivity (Wildman–Crippen MR) is 88.9 cm³/mol. The lowest BCUT2D eigenvalue weighted by Gasteiger charge is -2.26. The Hall–Kier alpha value is -0.920. The second-order valence-electron chi connectivity index (χ2n) is 4.62. The SMILES string of the molecule is Cc1c(O)c(O)c(C)c2c1Oc1cc(Br)c(Br)c(Br)c1O2. The van der Waals surface area contributed by atoms with E-state index in [1.807, 2.05) is 0 Å². The minimum absolute atomic E-state index is 0.200. The van der Waals surface area contributed by atoms with E-state index in [0.29, 0.717) is 38.6 Å². The summed E-state index contributed by atoms with van der Waals surface area (Å²) >= 11 is 10.3. The van der Waals surface area contributed by atoms with E-state index in [9.17, 15) is 10.2 Å². The van der Waals surface area contributed by atoms with Gasteiger partial charge in [-0.15, -0.1) is 0 Å². The van der Waals surface area contributed by atoms with E-state index >= 15 is 0 Å². The van der Waals surface area contributed by atoms with Gasteiger partial charge in [0.1, 0.15) is 0 Å². The van der Waals surface area contributed by atoms with E-state index in [0.717, 1.165) is 8.95 Å². The summed E-state index contributed by atoms with van der Waals surface area (Å²) in [6.07, 6.45) is 0. The van der Waals surface area contributed by atoms with Crippen molar-refractivity contribution in [2.24, 2.45) is 0 Å². The zero-order chi connectivity index (χ0) is 15.5.